The lowest BCUT2D eigenvalue weighted by Gasteiger charge is -2.46. The van der Waals surface area contributed by atoms with Gasteiger partial charge in [0.05, 0.1) is 32.0 Å². The van der Waals surface area contributed by atoms with Crippen molar-refractivity contribution in [1.29, 1.82) is 0 Å². The Kier molecular flexibility index (Phi) is 64.3. The van der Waals surface area contributed by atoms with Crippen LogP contribution in [0.25, 0.3) is 0 Å². The first-order valence-electron chi connectivity index (χ1n) is 42.2. The molecular formula is C84H159NO13. The number of carbonyl (C=O) groups is 1. The molecular weight excluding hydrogens is 1230 g/mol. The molecule has 0 bridgehead atoms. The lowest BCUT2D eigenvalue weighted by Crippen LogP contribution is -2.65. The van der Waals surface area contributed by atoms with Crippen LogP contribution in [0.15, 0.2) is 36.5 Å². The van der Waals surface area contributed by atoms with Gasteiger partial charge in [0, 0.05) is 6.42 Å². The summed E-state index contributed by atoms with van der Waals surface area (Å²) < 4.78 is 23.0. The number of ether oxygens (including phenoxy) is 4. The van der Waals surface area contributed by atoms with Gasteiger partial charge in [-0.15, -0.1) is 0 Å². The van der Waals surface area contributed by atoms with Crippen molar-refractivity contribution < 1.29 is 64.6 Å². The van der Waals surface area contributed by atoms with E-state index < -0.39 is 86.8 Å². The maximum Gasteiger partial charge on any atom is 0.220 e. The smallest absolute Gasteiger partial charge is 0.220 e. The third kappa shape index (κ3) is 50.6. The number of amides is 1. The predicted molar refractivity (Wildman–Crippen MR) is 406 cm³/mol. The number of hydrogen-bond donors (Lipinski definition) is 9. The van der Waals surface area contributed by atoms with E-state index in [9.17, 15) is 45.6 Å². The molecule has 2 heterocycles. The summed E-state index contributed by atoms with van der Waals surface area (Å²) >= 11 is 0. The Morgan fingerprint density at radius 3 is 1.03 bits per heavy atom. The van der Waals surface area contributed by atoms with Crippen LogP contribution in [-0.4, -0.2) is 140 Å². The molecule has 12 unspecified atom stereocenters. The van der Waals surface area contributed by atoms with Gasteiger partial charge in [-0.25, -0.2) is 0 Å². The van der Waals surface area contributed by atoms with E-state index in [4.69, 9.17) is 18.9 Å². The van der Waals surface area contributed by atoms with Gasteiger partial charge in [-0.2, -0.15) is 0 Å². The second kappa shape index (κ2) is 68.3. The van der Waals surface area contributed by atoms with Crippen LogP contribution in [0.5, 0.6) is 0 Å². The summed E-state index contributed by atoms with van der Waals surface area (Å²) in [6.07, 6.45) is 73.4. The van der Waals surface area contributed by atoms with E-state index in [0.717, 1.165) is 64.2 Å². The second-order valence-corrected chi connectivity index (χ2v) is 30.0. The van der Waals surface area contributed by atoms with Gasteiger partial charge in [0.1, 0.15) is 48.8 Å². The van der Waals surface area contributed by atoms with Crippen molar-refractivity contribution in [1.82, 2.24) is 5.32 Å². The van der Waals surface area contributed by atoms with Crippen LogP contribution >= 0.6 is 0 Å². The number of allylic oxidation sites excluding steroid dienone is 6. The molecule has 2 fully saturated rings. The zero-order valence-corrected chi connectivity index (χ0v) is 63.6. The van der Waals surface area contributed by atoms with Crippen molar-refractivity contribution in [2.75, 3.05) is 19.8 Å². The van der Waals surface area contributed by atoms with Gasteiger partial charge < -0.3 is 65.1 Å². The Balaban J connectivity index is 1.58. The van der Waals surface area contributed by atoms with Gasteiger partial charge in [-0.1, -0.05) is 378 Å². The minimum Gasteiger partial charge on any atom is -0.394 e. The van der Waals surface area contributed by atoms with Crippen molar-refractivity contribution in [3.63, 3.8) is 0 Å². The maximum absolute atomic E-state index is 13.4. The molecule has 1 amide bonds. The molecule has 0 aromatic heterocycles. The number of aliphatic hydroxyl groups is 8. The number of carbonyl (C=O) groups excluding carboxylic acids is 1. The molecule has 98 heavy (non-hydrogen) atoms. The third-order valence-corrected chi connectivity index (χ3v) is 20.9. The summed E-state index contributed by atoms with van der Waals surface area (Å²) in [6.45, 7) is 2.92. The summed E-state index contributed by atoms with van der Waals surface area (Å²) in [6, 6.07) is -0.830. The summed E-state index contributed by atoms with van der Waals surface area (Å²) in [5, 5.41) is 88.0. The Labute approximate surface area is 601 Å². The molecule has 9 N–H and O–H groups in total. The molecule has 0 spiro atoms. The van der Waals surface area contributed by atoms with Crippen molar-refractivity contribution in [3.8, 4) is 0 Å². The first-order chi connectivity index (χ1) is 48.1. The van der Waals surface area contributed by atoms with Crippen LogP contribution in [0.3, 0.4) is 0 Å². The zero-order chi connectivity index (χ0) is 70.8. The van der Waals surface area contributed by atoms with E-state index in [0.29, 0.717) is 12.8 Å². The fourth-order valence-electron chi connectivity index (χ4n) is 14.2. The monoisotopic (exact) mass is 1390 g/mol. The molecule has 2 aliphatic heterocycles. The molecule has 2 rings (SSSR count). The van der Waals surface area contributed by atoms with E-state index in [1.165, 1.54) is 308 Å². The van der Waals surface area contributed by atoms with Crippen LogP contribution in [0, 0.1) is 0 Å². The third-order valence-electron chi connectivity index (χ3n) is 20.9. The zero-order valence-electron chi connectivity index (χ0n) is 63.6. The topological polar surface area (TPSA) is 228 Å². The highest BCUT2D eigenvalue weighted by atomic mass is 16.7. The number of aliphatic hydroxyl groups excluding tert-OH is 8. The predicted octanol–water partition coefficient (Wildman–Crippen LogP) is 19.6. The normalized spacial score (nSPS) is 22.1. The van der Waals surface area contributed by atoms with Gasteiger partial charge in [0.2, 0.25) is 5.91 Å². The molecule has 0 aromatic carbocycles. The fourth-order valence-corrected chi connectivity index (χ4v) is 14.2. The van der Waals surface area contributed by atoms with E-state index in [1.54, 1.807) is 0 Å². The largest absolute Gasteiger partial charge is 0.394 e. The number of unbranched alkanes of at least 4 members (excludes halogenated alkanes) is 53. The SMILES string of the molecule is CCCCCCC/C=C\C/C=C\C/C=C\CCCCCCCCCCCCCCCCCCCCCCC(=O)NC(COC1OC(CO)C(OC2OC(CO)C(O)C(O)C2O)C(O)C1O)C(O)CCCCCCCCCCCCCCCCCCCCCCCCCCCCCCC. The summed E-state index contributed by atoms with van der Waals surface area (Å²) in [7, 11) is 0. The molecule has 0 saturated carbocycles. The summed E-state index contributed by atoms with van der Waals surface area (Å²) in [5.74, 6) is -0.198. The fraction of sp³-hybridized carbons (Fsp3) is 0.917. The van der Waals surface area contributed by atoms with Crippen LogP contribution in [-0.2, 0) is 23.7 Å². The highest BCUT2D eigenvalue weighted by Gasteiger charge is 2.51. The van der Waals surface area contributed by atoms with Gasteiger partial charge in [-0.3, -0.25) is 4.79 Å². The van der Waals surface area contributed by atoms with Crippen LogP contribution in [0.2, 0.25) is 0 Å². The number of rotatable bonds is 72. The Morgan fingerprint density at radius 2 is 0.673 bits per heavy atom. The first kappa shape index (κ1) is 92.3. The van der Waals surface area contributed by atoms with E-state index in [1.807, 2.05) is 0 Å². The highest BCUT2D eigenvalue weighted by Crippen LogP contribution is 2.31. The lowest BCUT2D eigenvalue weighted by molar-refractivity contribution is -0.359. The van der Waals surface area contributed by atoms with E-state index in [-0.39, 0.29) is 12.5 Å². The van der Waals surface area contributed by atoms with Gasteiger partial charge in [0.15, 0.2) is 12.6 Å². The minimum absolute atomic E-state index is 0.198. The Hall–Kier alpha value is -1.79. The molecule has 14 heteroatoms. The Morgan fingerprint density at radius 1 is 0.367 bits per heavy atom. The van der Waals surface area contributed by atoms with Crippen LogP contribution in [0.4, 0.5) is 0 Å². The molecule has 0 aromatic rings. The average Bonchev–Trinajstić information content (AvgIpc) is 0.797. The van der Waals surface area contributed by atoms with Gasteiger partial charge in [0.25, 0.3) is 0 Å². The first-order valence-corrected chi connectivity index (χ1v) is 42.2. The summed E-state index contributed by atoms with van der Waals surface area (Å²) in [4.78, 5) is 13.4. The molecule has 578 valence electrons. The minimum atomic E-state index is -1.78. The molecule has 2 saturated heterocycles. The Bertz CT molecular complexity index is 1780. The van der Waals surface area contributed by atoms with Crippen molar-refractivity contribution in [3.05, 3.63) is 36.5 Å². The van der Waals surface area contributed by atoms with E-state index >= 15 is 0 Å². The highest BCUT2D eigenvalue weighted by molar-refractivity contribution is 5.76. The number of nitrogens with one attached hydrogen (secondary N) is 1. The van der Waals surface area contributed by atoms with Gasteiger partial charge >= 0.3 is 0 Å². The maximum atomic E-state index is 13.4. The molecule has 2 aliphatic rings. The lowest BCUT2D eigenvalue weighted by atomic mass is 9.97. The molecule has 0 radical (unpaired) electrons. The standard InChI is InChI=1S/C84H159NO13/c1-3-5-7-9-11-13-15-17-19-21-23-25-27-29-31-33-34-35-36-37-38-40-42-44-46-48-50-52-54-56-58-60-62-64-66-68-76(89)85-72(71-95-83-81(94)79(92)82(75(70-87)97-83)98-84-80(93)78(91)77(90)74(69-86)96-84)73(88)67-65-63-61-59-57-55-53-51-49-47-45-43-41-39-32-30-28-26-24-22-20-18-16-14-12-10-8-6-4-2/h15,17,21,23,27,29,72-75,77-84,86-88,90-94H,3-14,16,18-20,22,24-26,28,30-71H2,1-2H3,(H,85,89)/b17-15-,23-21-,29-27-. The molecule has 14 nitrogen and oxygen atoms in total. The van der Waals surface area contributed by atoms with E-state index in [2.05, 4.69) is 55.6 Å². The average molecular weight is 1390 g/mol. The van der Waals surface area contributed by atoms with Crippen molar-refractivity contribution in [2.24, 2.45) is 0 Å². The van der Waals surface area contributed by atoms with Crippen LogP contribution in [0.1, 0.15) is 399 Å². The number of hydrogen-bond acceptors (Lipinski definition) is 13. The van der Waals surface area contributed by atoms with Crippen molar-refractivity contribution in [2.45, 2.75) is 473 Å². The van der Waals surface area contributed by atoms with Crippen LogP contribution < -0.4 is 5.32 Å². The summed E-state index contributed by atoms with van der Waals surface area (Å²) in [5.41, 5.74) is 0. The van der Waals surface area contributed by atoms with Crippen molar-refractivity contribution >= 4 is 5.91 Å². The quantitative estimate of drug-likeness (QED) is 0.0204. The molecule has 0 aliphatic carbocycles. The molecule has 12 atom stereocenters. The second-order valence-electron chi connectivity index (χ2n) is 30.0. The van der Waals surface area contributed by atoms with Gasteiger partial charge in [-0.05, 0) is 51.4 Å².